The van der Waals surface area contributed by atoms with Crippen LogP contribution in [0.1, 0.15) is 0 Å². The molecule has 0 atom stereocenters. The Hall–Kier alpha value is -6.77. The molecule has 51 heavy (non-hydrogen) atoms. The van der Waals surface area contributed by atoms with Gasteiger partial charge in [0.25, 0.3) is 0 Å². The van der Waals surface area contributed by atoms with E-state index in [1.807, 2.05) is 0 Å². The number of pyridine rings is 1. The smallest absolute Gasteiger partial charge is 0.0788 e. The van der Waals surface area contributed by atoms with E-state index in [1.54, 1.807) is 0 Å². The molecule has 236 valence electrons. The van der Waals surface area contributed by atoms with E-state index in [9.17, 15) is 0 Å². The molecule has 2 aromatic heterocycles. The largest absolute Gasteiger partial charge is 0.309 e. The second kappa shape index (κ2) is 10.9. The molecule has 0 spiro atoms. The first-order chi connectivity index (χ1) is 25.3. The Kier molecular flexibility index (Phi) is 5.99. The maximum Gasteiger partial charge on any atom is 0.0788 e. The molecular weight excluding hydrogens is 617 g/mol. The first-order valence-corrected chi connectivity index (χ1v) is 17.6. The minimum atomic E-state index is 1.00. The number of para-hydroxylation sites is 2. The summed E-state index contributed by atoms with van der Waals surface area (Å²) in [7, 11) is 0. The Morgan fingerprint density at radius 3 is 1.59 bits per heavy atom. The van der Waals surface area contributed by atoms with Gasteiger partial charge in [0, 0.05) is 38.2 Å². The first-order valence-electron chi connectivity index (χ1n) is 17.6. The van der Waals surface area contributed by atoms with E-state index in [0.29, 0.717) is 0 Å². The summed E-state index contributed by atoms with van der Waals surface area (Å²) in [5, 5.41) is 13.8. The Balaban J connectivity index is 1.15. The lowest BCUT2D eigenvalue weighted by atomic mass is 9.92. The van der Waals surface area contributed by atoms with Crippen molar-refractivity contribution in [3.05, 3.63) is 182 Å². The zero-order valence-electron chi connectivity index (χ0n) is 27.7. The molecule has 9 aromatic carbocycles. The summed E-state index contributed by atoms with van der Waals surface area (Å²) in [6, 6.07) is 66.1. The third-order valence-electron chi connectivity index (χ3n) is 10.7. The maximum absolute atomic E-state index is 5.23. The Morgan fingerprint density at radius 1 is 0.333 bits per heavy atom. The SMILES string of the molecule is c1ccc(-c2nc3ccccc3c3c2ccc2c4ccccc4n(-c4ccc(-c5ccc6c7ccccc7c7ccccc7c6c5)cc4)c23)cc1. The van der Waals surface area contributed by atoms with Crippen LogP contribution < -0.4 is 0 Å². The lowest BCUT2D eigenvalue weighted by Crippen LogP contribution is -1.96. The number of nitrogens with zero attached hydrogens (tertiary/aromatic N) is 2. The highest BCUT2D eigenvalue weighted by atomic mass is 15.0. The van der Waals surface area contributed by atoms with Gasteiger partial charge in [0.15, 0.2) is 0 Å². The van der Waals surface area contributed by atoms with Crippen molar-refractivity contribution < 1.29 is 0 Å². The average Bonchev–Trinajstić information content (AvgIpc) is 3.55. The van der Waals surface area contributed by atoms with Crippen LogP contribution >= 0.6 is 0 Å². The third-order valence-corrected chi connectivity index (χ3v) is 10.7. The summed E-state index contributed by atoms with van der Waals surface area (Å²) in [4.78, 5) is 5.23. The Bertz CT molecular complexity index is 3140. The molecule has 0 fully saturated rings. The fourth-order valence-electron chi connectivity index (χ4n) is 8.47. The topological polar surface area (TPSA) is 17.8 Å². The van der Waals surface area contributed by atoms with Crippen LogP contribution in [0.25, 0.3) is 104 Å². The third kappa shape index (κ3) is 4.14. The average molecular weight is 647 g/mol. The van der Waals surface area contributed by atoms with Gasteiger partial charge in [0.2, 0.25) is 0 Å². The van der Waals surface area contributed by atoms with Gasteiger partial charge in [-0.1, -0.05) is 152 Å². The molecule has 0 radical (unpaired) electrons. The molecule has 0 saturated heterocycles. The van der Waals surface area contributed by atoms with Gasteiger partial charge in [0.1, 0.15) is 0 Å². The molecule has 0 aliphatic rings. The van der Waals surface area contributed by atoms with Crippen molar-refractivity contribution in [3.8, 4) is 28.1 Å². The van der Waals surface area contributed by atoms with Crippen molar-refractivity contribution >= 4 is 75.8 Å². The molecule has 0 bridgehead atoms. The molecule has 2 nitrogen and oxygen atoms in total. The lowest BCUT2D eigenvalue weighted by Gasteiger charge is -2.15. The number of benzene rings is 9. The van der Waals surface area contributed by atoms with Gasteiger partial charge in [0.05, 0.1) is 22.2 Å². The number of hydrogen-bond acceptors (Lipinski definition) is 1. The zero-order valence-corrected chi connectivity index (χ0v) is 27.7. The van der Waals surface area contributed by atoms with Gasteiger partial charge in [-0.2, -0.15) is 0 Å². The number of rotatable bonds is 3. The molecule has 0 N–H and O–H groups in total. The van der Waals surface area contributed by atoms with Gasteiger partial charge >= 0.3 is 0 Å². The van der Waals surface area contributed by atoms with Crippen LogP contribution in [-0.4, -0.2) is 9.55 Å². The molecule has 0 aliphatic heterocycles. The summed E-state index contributed by atoms with van der Waals surface area (Å²) in [5.74, 6) is 0. The van der Waals surface area contributed by atoms with Crippen LogP contribution in [0, 0.1) is 0 Å². The van der Waals surface area contributed by atoms with Gasteiger partial charge in [-0.3, -0.25) is 0 Å². The second-order valence-corrected chi connectivity index (χ2v) is 13.5. The molecule has 0 unspecified atom stereocenters. The summed E-state index contributed by atoms with van der Waals surface area (Å²) >= 11 is 0. The van der Waals surface area contributed by atoms with E-state index in [4.69, 9.17) is 4.98 Å². The van der Waals surface area contributed by atoms with Crippen molar-refractivity contribution in [2.45, 2.75) is 0 Å². The summed E-state index contributed by atoms with van der Waals surface area (Å²) in [5.41, 5.74) is 9.08. The molecule has 2 heterocycles. The fourth-order valence-corrected chi connectivity index (χ4v) is 8.47. The molecule has 11 rings (SSSR count). The van der Waals surface area contributed by atoms with Crippen LogP contribution in [0.2, 0.25) is 0 Å². The van der Waals surface area contributed by atoms with Gasteiger partial charge < -0.3 is 4.57 Å². The van der Waals surface area contributed by atoms with Crippen LogP contribution in [0.3, 0.4) is 0 Å². The van der Waals surface area contributed by atoms with E-state index in [0.717, 1.165) is 33.2 Å². The minimum Gasteiger partial charge on any atom is -0.309 e. The standard InChI is InChI=1S/C49H30N2/c1-2-12-32(13-3-1)48-43-29-28-41-40-18-9-11-21-46(40)51(49(41)47(43)42-19-8-10-20-45(42)50-48)34-25-22-31(23-26-34)33-24-27-39-37-16-5-4-14-35(37)36-15-6-7-17-38(36)44(39)30-33/h1-30H. The van der Waals surface area contributed by atoms with Crippen LogP contribution in [0.4, 0.5) is 0 Å². The van der Waals surface area contributed by atoms with E-state index in [-0.39, 0.29) is 0 Å². The van der Waals surface area contributed by atoms with Crippen LogP contribution in [0.5, 0.6) is 0 Å². The molecule has 0 saturated carbocycles. The molecule has 0 amide bonds. The number of fused-ring (bicyclic) bond motifs is 13. The fraction of sp³-hybridized carbons (Fsp3) is 0. The molecular formula is C49H30N2. The number of hydrogen-bond donors (Lipinski definition) is 0. The van der Waals surface area contributed by atoms with E-state index in [2.05, 4.69) is 187 Å². The summed E-state index contributed by atoms with van der Waals surface area (Å²) < 4.78 is 2.46. The van der Waals surface area contributed by atoms with Crippen molar-refractivity contribution in [2.24, 2.45) is 0 Å². The van der Waals surface area contributed by atoms with Gasteiger partial charge in [-0.25, -0.2) is 4.98 Å². The lowest BCUT2D eigenvalue weighted by molar-refractivity contribution is 1.19. The molecule has 2 heteroatoms. The predicted molar refractivity (Wildman–Crippen MR) is 217 cm³/mol. The van der Waals surface area contributed by atoms with Crippen molar-refractivity contribution in [2.75, 3.05) is 0 Å². The first kappa shape index (κ1) is 28.1. The highest BCUT2D eigenvalue weighted by Crippen LogP contribution is 2.42. The van der Waals surface area contributed by atoms with E-state index in [1.165, 1.54) is 70.6 Å². The maximum atomic E-state index is 5.23. The normalized spacial score (nSPS) is 11.9. The van der Waals surface area contributed by atoms with Crippen LogP contribution in [0.15, 0.2) is 182 Å². The van der Waals surface area contributed by atoms with Crippen molar-refractivity contribution in [1.29, 1.82) is 0 Å². The quantitative estimate of drug-likeness (QED) is 0.175. The highest BCUT2D eigenvalue weighted by Gasteiger charge is 2.20. The van der Waals surface area contributed by atoms with Crippen molar-refractivity contribution in [3.63, 3.8) is 0 Å². The minimum absolute atomic E-state index is 1.00. The molecule has 11 aromatic rings. The Morgan fingerprint density at radius 2 is 0.863 bits per heavy atom. The van der Waals surface area contributed by atoms with Crippen LogP contribution in [-0.2, 0) is 0 Å². The number of aromatic nitrogens is 2. The van der Waals surface area contributed by atoms with Gasteiger partial charge in [-0.05, 0) is 73.8 Å². The Labute approximate surface area is 294 Å². The van der Waals surface area contributed by atoms with Gasteiger partial charge in [-0.15, -0.1) is 0 Å². The highest BCUT2D eigenvalue weighted by molar-refractivity contribution is 6.27. The van der Waals surface area contributed by atoms with E-state index >= 15 is 0 Å². The molecule has 0 aliphatic carbocycles. The summed E-state index contributed by atoms with van der Waals surface area (Å²) in [6.45, 7) is 0. The monoisotopic (exact) mass is 646 g/mol. The second-order valence-electron chi connectivity index (χ2n) is 13.5. The van der Waals surface area contributed by atoms with E-state index < -0.39 is 0 Å². The summed E-state index contributed by atoms with van der Waals surface area (Å²) in [6.07, 6.45) is 0. The van der Waals surface area contributed by atoms with Crippen molar-refractivity contribution in [1.82, 2.24) is 9.55 Å². The predicted octanol–water partition coefficient (Wildman–Crippen LogP) is 13.3. The zero-order chi connectivity index (χ0) is 33.5.